The number of hydrogen-bond donors (Lipinski definition) is 1. The lowest BCUT2D eigenvalue weighted by Crippen LogP contribution is -2.12. The van der Waals surface area contributed by atoms with Crippen molar-refractivity contribution in [2.24, 2.45) is 0 Å². The molecule has 0 aliphatic rings. The maximum Gasteiger partial charge on any atom is 0.255 e. The van der Waals surface area contributed by atoms with Gasteiger partial charge in [0.2, 0.25) is 0 Å². The summed E-state index contributed by atoms with van der Waals surface area (Å²) in [7, 11) is 1.55. The van der Waals surface area contributed by atoms with Crippen LogP contribution < -0.4 is 14.8 Å². The Morgan fingerprint density at radius 1 is 1.18 bits per heavy atom. The number of rotatable bonds is 5. The maximum atomic E-state index is 13.5. The van der Waals surface area contributed by atoms with Gasteiger partial charge in [-0.2, -0.15) is 0 Å². The highest BCUT2D eigenvalue weighted by molar-refractivity contribution is 6.04. The number of aryl methyl sites for hydroxylation is 1. The molecule has 0 spiro atoms. The second kappa shape index (κ2) is 6.93. The number of halogens is 1. The van der Waals surface area contributed by atoms with E-state index >= 15 is 0 Å². The van der Waals surface area contributed by atoms with Crippen LogP contribution in [0.4, 0.5) is 10.1 Å². The lowest BCUT2D eigenvalue weighted by atomic mass is 10.1. The summed E-state index contributed by atoms with van der Waals surface area (Å²) in [6.45, 7) is 3.99. The molecular formula is C17H18FNO3. The molecule has 0 saturated carbocycles. The van der Waals surface area contributed by atoms with E-state index in [1.165, 1.54) is 6.07 Å². The van der Waals surface area contributed by atoms with Gasteiger partial charge in [0.1, 0.15) is 5.82 Å². The van der Waals surface area contributed by atoms with E-state index in [0.29, 0.717) is 29.4 Å². The summed E-state index contributed by atoms with van der Waals surface area (Å²) >= 11 is 0. The molecule has 0 radical (unpaired) electrons. The normalized spacial score (nSPS) is 10.2. The van der Waals surface area contributed by atoms with E-state index < -0.39 is 5.82 Å². The molecule has 0 saturated heterocycles. The van der Waals surface area contributed by atoms with Gasteiger partial charge in [-0.1, -0.05) is 6.07 Å². The number of methoxy groups -OCH3 is 1. The third-order valence-corrected chi connectivity index (χ3v) is 3.16. The molecule has 2 aromatic carbocycles. The van der Waals surface area contributed by atoms with Crippen LogP contribution in [0.15, 0.2) is 36.4 Å². The van der Waals surface area contributed by atoms with Crippen LogP contribution in [-0.4, -0.2) is 19.6 Å². The third-order valence-electron chi connectivity index (χ3n) is 3.16. The van der Waals surface area contributed by atoms with Crippen LogP contribution in [0.3, 0.4) is 0 Å². The summed E-state index contributed by atoms with van der Waals surface area (Å²) in [5, 5.41) is 2.71. The highest BCUT2D eigenvalue weighted by Crippen LogP contribution is 2.30. The Morgan fingerprint density at radius 3 is 2.59 bits per heavy atom. The van der Waals surface area contributed by atoms with Gasteiger partial charge in [-0.3, -0.25) is 4.79 Å². The van der Waals surface area contributed by atoms with Crippen LogP contribution in [0.2, 0.25) is 0 Å². The van der Waals surface area contributed by atoms with Crippen molar-refractivity contribution in [3.05, 3.63) is 53.3 Å². The number of benzene rings is 2. The van der Waals surface area contributed by atoms with Gasteiger partial charge in [0.15, 0.2) is 11.5 Å². The summed E-state index contributed by atoms with van der Waals surface area (Å²) in [5.41, 5.74) is 1.31. The van der Waals surface area contributed by atoms with Crippen molar-refractivity contribution in [2.45, 2.75) is 13.8 Å². The Morgan fingerprint density at radius 2 is 1.95 bits per heavy atom. The Kier molecular flexibility index (Phi) is 4.99. The molecular weight excluding hydrogens is 285 g/mol. The quantitative estimate of drug-likeness (QED) is 0.914. The molecule has 1 amide bonds. The second-order valence-corrected chi connectivity index (χ2v) is 4.72. The standard InChI is InChI=1S/C17H18FNO3/c1-4-22-16-10-13(7-8-15(16)21-3)19-17(20)12-6-5-11(2)14(18)9-12/h5-10H,4H2,1-3H3,(H,19,20). The van der Waals surface area contributed by atoms with Crippen LogP contribution in [0, 0.1) is 12.7 Å². The van der Waals surface area contributed by atoms with Crippen molar-refractivity contribution in [1.82, 2.24) is 0 Å². The first-order valence-corrected chi connectivity index (χ1v) is 6.93. The molecule has 2 aromatic rings. The number of amides is 1. The molecule has 0 aromatic heterocycles. The van der Waals surface area contributed by atoms with Gasteiger partial charge < -0.3 is 14.8 Å². The van der Waals surface area contributed by atoms with Crippen LogP contribution >= 0.6 is 0 Å². The fraction of sp³-hybridized carbons (Fsp3) is 0.235. The molecule has 0 unspecified atom stereocenters. The van der Waals surface area contributed by atoms with Crippen LogP contribution in [-0.2, 0) is 0 Å². The summed E-state index contributed by atoms with van der Waals surface area (Å²) in [5.74, 6) is 0.336. The SMILES string of the molecule is CCOc1cc(NC(=O)c2ccc(C)c(F)c2)ccc1OC. The predicted molar refractivity (Wildman–Crippen MR) is 83.3 cm³/mol. The minimum absolute atomic E-state index is 0.261. The first-order valence-electron chi connectivity index (χ1n) is 6.93. The van der Waals surface area contributed by atoms with Crippen LogP contribution in [0.1, 0.15) is 22.8 Å². The molecule has 0 aliphatic heterocycles. The van der Waals surface area contributed by atoms with Crippen molar-refractivity contribution >= 4 is 11.6 Å². The maximum absolute atomic E-state index is 13.5. The summed E-state index contributed by atoms with van der Waals surface area (Å²) in [6, 6.07) is 9.45. The van der Waals surface area contributed by atoms with Crippen molar-refractivity contribution < 1.29 is 18.7 Å². The Balaban J connectivity index is 2.20. The molecule has 0 aliphatic carbocycles. The van der Waals surface area contributed by atoms with Gasteiger partial charge >= 0.3 is 0 Å². The molecule has 2 rings (SSSR count). The molecule has 22 heavy (non-hydrogen) atoms. The summed E-state index contributed by atoms with van der Waals surface area (Å²) in [6.07, 6.45) is 0. The van der Waals surface area contributed by atoms with Crippen molar-refractivity contribution in [1.29, 1.82) is 0 Å². The Bertz CT molecular complexity index is 686. The van der Waals surface area contributed by atoms with Gasteiger partial charge in [-0.05, 0) is 43.7 Å². The van der Waals surface area contributed by atoms with Crippen LogP contribution in [0.25, 0.3) is 0 Å². The van der Waals surface area contributed by atoms with E-state index in [1.807, 2.05) is 6.92 Å². The molecule has 116 valence electrons. The lowest BCUT2D eigenvalue weighted by molar-refractivity contribution is 0.102. The predicted octanol–water partition coefficient (Wildman–Crippen LogP) is 3.79. The first-order chi connectivity index (χ1) is 10.5. The minimum Gasteiger partial charge on any atom is -0.493 e. The zero-order valence-corrected chi connectivity index (χ0v) is 12.8. The van der Waals surface area contributed by atoms with Crippen molar-refractivity contribution in [3.63, 3.8) is 0 Å². The molecule has 0 heterocycles. The largest absolute Gasteiger partial charge is 0.493 e. The molecule has 1 N–H and O–H groups in total. The lowest BCUT2D eigenvalue weighted by Gasteiger charge is -2.12. The topological polar surface area (TPSA) is 47.6 Å². The van der Waals surface area contributed by atoms with E-state index in [9.17, 15) is 9.18 Å². The highest BCUT2D eigenvalue weighted by atomic mass is 19.1. The van der Waals surface area contributed by atoms with Crippen molar-refractivity contribution in [2.75, 3.05) is 19.0 Å². The molecule has 0 atom stereocenters. The number of nitrogens with one attached hydrogen (secondary N) is 1. The highest BCUT2D eigenvalue weighted by Gasteiger charge is 2.11. The minimum atomic E-state index is -0.405. The Labute approximate surface area is 128 Å². The molecule has 0 fully saturated rings. The van der Waals surface area contributed by atoms with Gasteiger partial charge in [-0.15, -0.1) is 0 Å². The number of carbonyl (C=O) groups is 1. The van der Waals surface area contributed by atoms with E-state index in [0.717, 1.165) is 0 Å². The average Bonchev–Trinajstić information content (AvgIpc) is 2.50. The fourth-order valence-electron chi connectivity index (χ4n) is 1.96. The molecule has 5 heteroatoms. The smallest absolute Gasteiger partial charge is 0.255 e. The monoisotopic (exact) mass is 303 g/mol. The molecule has 4 nitrogen and oxygen atoms in total. The van der Waals surface area contributed by atoms with E-state index in [2.05, 4.69) is 5.32 Å². The zero-order valence-electron chi connectivity index (χ0n) is 12.8. The van der Waals surface area contributed by atoms with Gasteiger partial charge in [-0.25, -0.2) is 4.39 Å². The van der Waals surface area contributed by atoms with E-state index in [-0.39, 0.29) is 11.5 Å². The second-order valence-electron chi connectivity index (χ2n) is 4.72. The number of ether oxygens (including phenoxy) is 2. The summed E-state index contributed by atoms with van der Waals surface area (Å²) in [4.78, 5) is 12.2. The van der Waals surface area contributed by atoms with E-state index in [1.54, 1.807) is 44.4 Å². The average molecular weight is 303 g/mol. The molecule has 0 bridgehead atoms. The zero-order chi connectivity index (χ0) is 16.1. The van der Waals surface area contributed by atoms with Crippen molar-refractivity contribution in [3.8, 4) is 11.5 Å². The number of carbonyl (C=O) groups excluding carboxylic acids is 1. The Hall–Kier alpha value is -2.56. The fourth-order valence-corrected chi connectivity index (χ4v) is 1.96. The summed E-state index contributed by atoms with van der Waals surface area (Å²) < 4.78 is 24.2. The van der Waals surface area contributed by atoms with E-state index in [4.69, 9.17) is 9.47 Å². The first kappa shape index (κ1) is 15.8. The number of hydrogen-bond acceptors (Lipinski definition) is 3. The van der Waals surface area contributed by atoms with Gasteiger partial charge in [0.05, 0.1) is 13.7 Å². The van der Waals surface area contributed by atoms with Gasteiger partial charge in [0.25, 0.3) is 5.91 Å². The van der Waals surface area contributed by atoms with Gasteiger partial charge in [0, 0.05) is 17.3 Å². The van der Waals surface area contributed by atoms with Crippen LogP contribution in [0.5, 0.6) is 11.5 Å². The number of anilines is 1. The third kappa shape index (κ3) is 3.55.